The minimum Gasteiger partial charge on any atom is -0.396 e. The molecule has 0 unspecified atom stereocenters. The van der Waals surface area contributed by atoms with Gasteiger partial charge in [-0.25, -0.2) is 9.67 Å². The lowest BCUT2D eigenvalue weighted by molar-refractivity contribution is -0.137. The highest BCUT2D eigenvalue weighted by atomic mass is 19.4. The fourth-order valence-electron chi connectivity index (χ4n) is 5.75. The van der Waals surface area contributed by atoms with Crippen molar-refractivity contribution in [2.45, 2.75) is 44.9 Å². The van der Waals surface area contributed by atoms with Crippen molar-refractivity contribution in [3.05, 3.63) is 119 Å². The van der Waals surface area contributed by atoms with E-state index in [1.807, 2.05) is 12.1 Å². The molecule has 0 bridgehead atoms. The van der Waals surface area contributed by atoms with Crippen molar-refractivity contribution in [2.75, 3.05) is 29.9 Å². The number of piperidine rings is 1. The van der Waals surface area contributed by atoms with E-state index >= 15 is 0 Å². The first-order valence-corrected chi connectivity index (χ1v) is 16.2. The average Bonchev–Trinajstić information content (AvgIpc) is 3.57. The number of carbonyl (C=O) groups excluding carboxylic acids is 2. The Morgan fingerprint density at radius 2 is 1.72 bits per heavy atom. The number of aromatic nitrogens is 5. The minimum atomic E-state index is -4.49. The number of aliphatic hydroxyl groups excluding tert-OH is 1. The largest absolute Gasteiger partial charge is 0.416 e. The first kappa shape index (κ1) is 34.2. The highest BCUT2D eigenvalue weighted by Crippen LogP contribution is 2.33. The van der Waals surface area contributed by atoms with Crippen LogP contribution in [0.25, 0.3) is 11.3 Å². The minimum absolute atomic E-state index is 0.0378. The van der Waals surface area contributed by atoms with Gasteiger partial charge in [-0.15, -0.1) is 5.10 Å². The molecule has 11 nitrogen and oxygen atoms in total. The highest BCUT2D eigenvalue weighted by molar-refractivity contribution is 6.05. The maximum atomic E-state index is 13.6. The Morgan fingerprint density at radius 3 is 2.52 bits per heavy atom. The van der Waals surface area contributed by atoms with Crippen molar-refractivity contribution in [3.8, 4) is 11.3 Å². The Labute approximate surface area is 286 Å². The standard InChI is InChI=1S/C36H35F3N8O3/c37-36(38,39)26-7-4-6-24(18-26)21-41-34(49)25-12-14-40-33(19-25)30-20-29(46-15-2-1-3-16-46)10-11-31(30)43-35(50)32-9-5-8-27(42-32)22-47-23-28(13-17-48)44-45-47/h4-12,14,18-20,23,48H,1-3,13,15-17,21-22H2,(H,41,49)(H,43,50). The number of alkyl halides is 3. The van der Waals surface area contributed by atoms with E-state index in [2.05, 4.69) is 35.8 Å². The van der Waals surface area contributed by atoms with Gasteiger partial charge in [0.05, 0.1) is 34.9 Å². The number of nitrogens with zero attached hydrogens (tertiary/aromatic N) is 6. The fourth-order valence-corrected chi connectivity index (χ4v) is 5.75. The summed E-state index contributed by atoms with van der Waals surface area (Å²) < 4.78 is 41.1. The van der Waals surface area contributed by atoms with Crippen molar-refractivity contribution in [1.29, 1.82) is 0 Å². The van der Waals surface area contributed by atoms with E-state index in [1.54, 1.807) is 41.2 Å². The van der Waals surface area contributed by atoms with Gasteiger partial charge >= 0.3 is 6.18 Å². The summed E-state index contributed by atoms with van der Waals surface area (Å²) in [7, 11) is 0. The summed E-state index contributed by atoms with van der Waals surface area (Å²) in [6.45, 7) is 1.92. The Bertz CT molecular complexity index is 1970. The van der Waals surface area contributed by atoms with Gasteiger partial charge in [-0.2, -0.15) is 13.2 Å². The van der Waals surface area contributed by atoms with Crippen LogP contribution in [0.15, 0.2) is 85.2 Å². The van der Waals surface area contributed by atoms with E-state index in [0.29, 0.717) is 40.3 Å². The molecule has 1 saturated heterocycles. The number of amides is 2. The summed E-state index contributed by atoms with van der Waals surface area (Å²) in [5.74, 6) is -0.936. The van der Waals surface area contributed by atoms with Crippen LogP contribution in [0.2, 0.25) is 0 Å². The van der Waals surface area contributed by atoms with E-state index in [0.717, 1.165) is 50.2 Å². The summed E-state index contributed by atoms with van der Waals surface area (Å²) in [6, 6.07) is 18.7. The molecular weight excluding hydrogens is 649 g/mol. The Hall–Kier alpha value is -5.63. The molecule has 2 amide bonds. The van der Waals surface area contributed by atoms with Crippen LogP contribution >= 0.6 is 0 Å². The van der Waals surface area contributed by atoms with Gasteiger partial charge in [-0.05, 0) is 79.4 Å². The molecule has 0 radical (unpaired) electrons. The molecular formula is C36H35F3N8O3. The van der Waals surface area contributed by atoms with Crippen molar-refractivity contribution in [1.82, 2.24) is 30.3 Å². The SMILES string of the molecule is O=C(NCc1cccc(C(F)(F)F)c1)c1ccnc(-c2cc(N3CCCCC3)ccc2NC(=O)c2cccc(Cn3cc(CCO)nn3)n2)c1. The van der Waals surface area contributed by atoms with Gasteiger partial charge in [0.25, 0.3) is 11.8 Å². The fraction of sp³-hybridized carbons (Fsp3) is 0.278. The zero-order valence-corrected chi connectivity index (χ0v) is 27.0. The third-order valence-corrected chi connectivity index (χ3v) is 8.30. The van der Waals surface area contributed by atoms with Crippen LogP contribution in [-0.2, 0) is 25.7 Å². The smallest absolute Gasteiger partial charge is 0.396 e. The summed E-state index contributed by atoms with van der Waals surface area (Å²) in [5, 5.41) is 22.9. The number of hydrogen-bond donors (Lipinski definition) is 3. The first-order valence-electron chi connectivity index (χ1n) is 16.2. The number of carbonyl (C=O) groups is 2. The zero-order valence-electron chi connectivity index (χ0n) is 27.0. The third kappa shape index (κ3) is 8.50. The molecule has 1 fully saturated rings. The van der Waals surface area contributed by atoms with Gasteiger partial charge in [-0.3, -0.25) is 14.6 Å². The maximum absolute atomic E-state index is 13.6. The second kappa shape index (κ2) is 15.3. The molecule has 5 aromatic rings. The molecule has 0 spiro atoms. The lowest BCUT2D eigenvalue weighted by Crippen LogP contribution is -2.29. The van der Waals surface area contributed by atoms with E-state index in [-0.39, 0.29) is 31.0 Å². The number of benzene rings is 2. The lowest BCUT2D eigenvalue weighted by Gasteiger charge is -2.29. The molecule has 14 heteroatoms. The predicted molar refractivity (Wildman–Crippen MR) is 180 cm³/mol. The van der Waals surface area contributed by atoms with Crippen molar-refractivity contribution < 1.29 is 27.9 Å². The second-order valence-corrected chi connectivity index (χ2v) is 11.9. The van der Waals surface area contributed by atoms with E-state index < -0.39 is 23.6 Å². The number of hydrogen-bond acceptors (Lipinski definition) is 8. The highest BCUT2D eigenvalue weighted by Gasteiger charge is 2.30. The number of rotatable bonds is 11. The van der Waals surface area contributed by atoms with E-state index in [1.165, 1.54) is 24.4 Å². The van der Waals surface area contributed by atoms with Crippen molar-refractivity contribution in [2.24, 2.45) is 0 Å². The van der Waals surface area contributed by atoms with Crippen LogP contribution in [0.5, 0.6) is 0 Å². The molecule has 0 saturated carbocycles. The third-order valence-electron chi connectivity index (χ3n) is 8.30. The Kier molecular flexibility index (Phi) is 10.5. The molecule has 0 atom stereocenters. The van der Waals surface area contributed by atoms with Gasteiger partial charge in [0.1, 0.15) is 5.69 Å². The van der Waals surface area contributed by atoms with Gasteiger partial charge < -0.3 is 20.6 Å². The molecule has 0 aliphatic carbocycles. The summed E-state index contributed by atoms with van der Waals surface area (Å²) in [4.78, 5) is 38.1. The second-order valence-electron chi connectivity index (χ2n) is 11.9. The van der Waals surface area contributed by atoms with Gasteiger partial charge in [0, 0.05) is 61.9 Å². The number of aliphatic hydroxyl groups is 1. The summed E-state index contributed by atoms with van der Waals surface area (Å²) in [5.41, 5.74) is 3.62. The van der Waals surface area contributed by atoms with Crippen molar-refractivity contribution >= 4 is 23.2 Å². The number of anilines is 2. The topological polar surface area (TPSA) is 138 Å². The molecule has 6 rings (SSSR count). The Balaban J connectivity index is 1.24. The molecule has 258 valence electrons. The molecule has 50 heavy (non-hydrogen) atoms. The van der Waals surface area contributed by atoms with Gasteiger partial charge in [-0.1, -0.05) is 23.4 Å². The monoisotopic (exact) mass is 684 g/mol. The van der Waals surface area contributed by atoms with E-state index in [4.69, 9.17) is 5.11 Å². The molecule has 1 aliphatic heterocycles. The number of pyridine rings is 2. The zero-order chi connectivity index (χ0) is 35.1. The maximum Gasteiger partial charge on any atom is 0.416 e. The Morgan fingerprint density at radius 1 is 0.900 bits per heavy atom. The van der Waals surface area contributed by atoms with Crippen LogP contribution in [0.4, 0.5) is 24.5 Å². The average molecular weight is 685 g/mol. The van der Waals surface area contributed by atoms with Crippen LogP contribution < -0.4 is 15.5 Å². The number of halogens is 3. The summed E-state index contributed by atoms with van der Waals surface area (Å²) >= 11 is 0. The van der Waals surface area contributed by atoms with Crippen LogP contribution in [0.3, 0.4) is 0 Å². The molecule has 4 heterocycles. The van der Waals surface area contributed by atoms with Crippen molar-refractivity contribution in [3.63, 3.8) is 0 Å². The predicted octanol–water partition coefficient (Wildman–Crippen LogP) is 5.51. The van der Waals surface area contributed by atoms with Gasteiger partial charge in [0.2, 0.25) is 0 Å². The molecule has 3 aromatic heterocycles. The van der Waals surface area contributed by atoms with Gasteiger partial charge in [0.15, 0.2) is 0 Å². The lowest BCUT2D eigenvalue weighted by atomic mass is 10.0. The molecule has 2 aromatic carbocycles. The van der Waals surface area contributed by atoms with Crippen LogP contribution in [0, 0.1) is 0 Å². The summed E-state index contributed by atoms with van der Waals surface area (Å²) in [6.07, 6.45) is 2.38. The first-order chi connectivity index (χ1) is 24.2. The molecule has 3 N–H and O–H groups in total. The number of nitrogens with one attached hydrogen (secondary N) is 2. The van der Waals surface area contributed by atoms with Crippen LogP contribution in [0.1, 0.15) is 62.6 Å². The quantitative estimate of drug-likeness (QED) is 0.166. The normalized spacial score (nSPS) is 13.2. The molecule has 1 aliphatic rings. The van der Waals surface area contributed by atoms with E-state index in [9.17, 15) is 22.8 Å². The van der Waals surface area contributed by atoms with Crippen LogP contribution in [-0.4, -0.2) is 61.6 Å².